The van der Waals surface area contributed by atoms with E-state index in [2.05, 4.69) is 34.6 Å². The van der Waals surface area contributed by atoms with Crippen molar-refractivity contribution in [1.82, 2.24) is 0 Å². The standard InChI is InChI=1S/C10H22O2/c1-8(10(3,4)5)9(2)12-7-6-11/h8-9,11H,6-7H2,1-5H3/t8-,9+/m1/s1. The highest BCUT2D eigenvalue weighted by atomic mass is 16.5. The lowest BCUT2D eigenvalue weighted by molar-refractivity contribution is -0.0193. The maximum Gasteiger partial charge on any atom is 0.0701 e. The molecule has 0 unspecified atom stereocenters. The number of hydrogen-bond donors (Lipinski definition) is 1. The molecule has 0 aromatic carbocycles. The quantitative estimate of drug-likeness (QED) is 0.707. The molecule has 0 aromatic heterocycles. The summed E-state index contributed by atoms with van der Waals surface area (Å²) >= 11 is 0. The molecule has 74 valence electrons. The average molecular weight is 174 g/mol. The fourth-order valence-electron chi connectivity index (χ4n) is 1.09. The molecule has 0 rings (SSSR count). The van der Waals surface area contributed by atoms with E-state index in [1.165, 1.54) is 0 Å². The van der Waals surface area contributed by atoms with Crippen LogP contribution >= 0.6 is 0 Å². The summed E-state index contributed by atoms with van der Waals surface area (Å²) in [5.41, 5.74) is 0.273. The van der Waals surface area contributed by atoms with Crippen LogP contribution in [0.4, 0.5) is 0 Å². The molecule has 0 fully saturated rings. The maximum absolute atomic E-state index is 8.57. The van der Waals surface area contributed by atoms with Crippen molar-refractivity contribution in [3.05, 3.63) is 0 Å². The van der Waals surface area contributed by atoms with Gasteiger partial charge in [0.15, 0.2) is 0 Å². The minimum Gasteiger partial charge on any atom is -0.394 e. The number of aliphatic hydroxyl groups is 1. The fraction of sp³-hybridized carbons (Fsp3) is 1.00. The monoisotopic (exact) mass is 174 g/mol. The largest absolute Gasteiger partial charge is 0.394 e. The van der Waals surface area contributed by atoms with Crippen molar-refractivity contribution in [1.29, 1.82) is 0 Å². The van der Waals surface area contributed by atoms with Crippen LogP contribution in [0, 0.1) is 11.3 Å². The van der Waals surface area contributed by atoms with E-state index in [9.17, 15) is 0 Å². The van der Waals surface area contributed by atoms with Gasteiger partial charge in [0.25, 0.3) is 0 Å². The van der Waals surface area contributed by atoms with Crippen molar-refractivity contribution in [2.45, 2.75) is 40.7 Å². The van der Waals surface area contributed by atoms with Crippen LogP contribution < -0.4 is 0 Å². The Morgan fingerprint density at radius 3 is 2.08 bits per heavy atom. The average Bonchev–Trinajstić information content (AvgIpc) is 1.97. The third kappa shape index (κ3) is 4.07. The van der Waals surface area contributed by atoms with Gasteiger partial charge in [-0.1, -0.05) is 27.7 Å². The summed E-state index contributed by atoms with van der Waals surface area (Å²) in [4.78, 5) is 0. The Morgan fingerprint density at radius 2 is 1.75 bits per heavy atom. The molecule has 0 aliphatic heterocycles. The number of rotatable bonds is 4. The zero-order valence-electron chi connectivity index (χ0n) is 8.92. The van der Waals surface area contributed by atoms with E-state index < -0.39 is 0 Å². The van der Waals surface area contributed by atoms with Crippen LogP contribution in [-0.4, -0.2) is 24.4 Å². The number of aliphatic hydroxyl groups excluding tert-OH is 1. The molecule has 0 aliphatic carbocycles. The second kappa shape index (κ2) is 4.83. The normalized spacial score (nSPS) is 17.5. The number of hydrogen-bond acceptors (Lipinski definition) is 2. The van der Waals surface area contributed by atoms with E-state index in [4.69, 9.17) is 9.84 Å². The van der Waals surface area contributed by atoms with Crippen LogP contribution in [0.1, 0.15) is 34.6 Å². The van der Waals surface area contributed by atoms with Gasteiger partial charge in [0.05, 0.1) is 19.3 Å². The van der Waals surface area contributed by atoms with E-state index in [0.29, 0.717) is 12.5 Å². The van der Waals surface area contributed by atoms with Crippen molar-refractivity contribution < 1.29 is 9.84 Å². The maximum atomic E-state index is 8.57. The molecule has 0 saturated heterocycles. The third-order valence-electron chi connectivity index (χ3n) is 2.54. The summed E-state index contributed by atoms with van der Waals surface area (Å²) in [7, 11) is 0. The number of ether oxygens (including phenoxy) is 1. The molecule has 0 saturated carbocycles. The third-order valence-corrected chi connectivity index (χ3v) is 2.54. The molecule has 0 amide bonds. The van der Waals surface area contributed by atoms with E-state index in [0.717, 1.165) is 0 Å². The molecule has 0 radical (unpaired) electrons. The van der Waals surface area contributed by atoms with Gasteiger partial charge < -0.3 is 9.84 Å². The Morgan fingerprint density at radius 1 is 1.25 bits per heavy atom. The van der Waals surface area contributed by atoms with E-state index >= 15 is 0 Å². The van der Waals surface area contributed by atoms with Crippen LogP contribution in [0.5, 0.6) is 0 Å². The molecule has 0 spiro atoms. The molecule has 0 bridgehead atoms. The first-order valence-corrected chi connectivity index (χ1v) is 4.62. The van der Waals surface area contributed by atoms with Gasteiger partial charge >= 0.3 is 0 Å². The first kappa shape index (κ1) is 11.9. The Hall–Kier alpha value is -0.0800. The predicted octanol–water partition coefficient (Wildman–Crippen LogP) is 2.07. The predicted molar refractivity (Wildman–Crippen MR) is 51.1 cm³/mol. The molecule has 0 aromatic rings. The molecular weight excluding hydrogens is 152 g/mol. The van der Waals surface area contributed by atoms with Crippen molar-refractivity contribution >= 4 is 0 Å². The Balaban J connectivity index is 3.84. The SMILES string of the molecule is C[C@H](OCCO)[C@@H](C)C(C)(C)C. The van der Waals surface area contributed by atoms with E-state index in [-0.39, 0.29) is 18.1 Å². The van der Waals surface area contributed by atoms with Gasteiger partial charge in [0, 0.05) is 0 Å². The van der Waals surface area contributed by atoms with Crippen molar-refractivity contribution in [2.75, 3.05) is 13.2 Å². The van der Waals surface area contributed by atoms with Crippen LogP contribution in [0.3, 0.4) is 0 Å². The van der Waals surface area contributed by atoms with Crippen LogP contribution in [0.25, 0.3) is 0 Å². The Labute approximate surface area is 75.9 Å². The highest BCUT2D eigenvalue weighted by molar-refractivity contribution is 4.74. The van der Waals surface area contributed by atoms with Gasteiger partial charge in [-0.25, -0.2) is 0 Å². The summed E-state index contributed by atoms with van der Waals surface area (Å²) in [5.74, 6) is 0.504. The molecular formula is C10H22O2. The summed E-state index contributed by atoms with van der Waals surface area (Å²) in [5, 5.41) is 8.57. The minimum absolute atomic E-state index is 0.112. The molecule has 2 atom stereocenters. The van der Waals surface area contributed by atoms with Crippen LogP contribution in [0.15, 0.2) is 0 Å². The Kier molecular flexibility index (Phi) is 4.80. The topological polar surface area (TPSA) is 29.5 Å². The van der Waals surface area contributed by atoms with E-state index in [1.54, 1.807) is 0 Å². The lowest BCUT2D eigenvalue weighted by Crippen LogP contribution is -2.30. The van der Waals surface area contributed by atoms with E-state index in [1.807, 2.05) is 0 Å². The zero-order chi connectivity index (χ0) is 9.78. The second-order valence-electron chi connectivity index (χ2n) is 4.45. The smallest absolute Gasteiger partial charge is 0.0701 e. The van der Waals surface area contributed by atoms with Crippen LogP contribution in [-0.2, 0) is 4.74 Å². The summed E-state index contributed by atoms with van der Waals surface area (Å²) in [6.07, 6.45) is 0.220. The lowest BCUT2D eigenvalue weighted by atomic mass is 9.79. The molecule has 0 heterocycles. The molecule has 0 aliphatic rings. The zero-order valence-corrected chi connectivity index (χ0v) is 8.92. The summed E-state index contributed by atoms with van der Waals surface area (Å²) in [6, 6.07) is 0. The first-order chi connectivity index (χ1) is 5.39. The molecule has 1 N–H and O–H groups in total. The van der Waals surface area contributed by atoms with Crippen molar-refractivity contribution in [3.8, 4) is 0 Å². The highest BCUT2D eigenvalue weighted by Crippen LogP contribution is 2.29. The van der Waals surface area contributed by atoms with Gasteiger partial charge in [-0.05, 0) is 18.3 Å². The summed E-state index contributed by atoms with van der Waals surface area (Å²) < 4.78 is 5.43. The van der Waals surface area contributed by atoms with Gasteiger partial charge in [-0.3, -0.25) is 0 Å². The molecule has 12 heavy (non-hydrogen) atoms. The molecule has 2 nitrogen and oxygen atoms in total. The Bertz CT molecular complexity index is 115. The highest BCUT2D eigenvalue weighted by Gasteiger charge is 2.25. The fourth-order valence-corrected chi connectivity index (χ4v) is 1.09. The van der Waals surface area contributed by atoms with Gasteiger partial charge in [0.2, 0.25) is 0 Å². The lowest BCUT2D eigenvalue weighted by Gasteiger charge is -2.32. The van der Waals surface area contributed by atoms with Gasteiger partial charge in [-0.15, -0.1) is 0 Å². The van der Waals surface area contributed by atoms with Crippen molar-refractivity contribution in [2.24, 2.45) is 11.3 Å². The summed E-state index contributed by atoms with van der Waals surface area (Å²) in [6.45, 7) is 11.4. The first-order valence-electron chi connectivity index (χ1n) is 4.62. The van der Waals surface area contributed by atoms with Gasteiger partial charge in [0.1, 0.15) is 0 Å². The second-order valence-corrected chi connectivity index (χ2v) is 4.45. The minimum atomic E-state index is 0.112. The van der Waals surface area contributed by atoms with Crippen molar-refractivity contribution in [3.63, 3.8) is 0 Å². The molecule has 2 heteroatoms. The van der Waals surface area contributed by atoms with Gasteiger partial charge in [-0.2, -0.15) is 0 Å². The van der Waals surface area contributed by atoms with Crippen LogP contribution in [0.2, 0.25) is 0 Å².